The maximum atomic E-state index is 12.2. The Kier molecular flexibility index (Phi) is 10.6. The summed E-state index contributed by atoms with van der Waals surface area (Å²) in [4.78, 5) is 14.7. The number of hydrogen-bond donors (Lipinski definition) is 2. The van der Waals surface area contributed by atoms with Crippen molar-refractivity contribution in [2.24, 2.45) is 5.73 Å². The Bertz CT molecular complexity index is 318. The van der Waals surface area contributed by atoms with Crippen molar-refractivity contribution in [1.82, 2.24) is 10.2 Å². The van der Waals surface area contributed by atoms with E-state index in [9.17, 15) is 4.79 Å². The quantitative estimate of drug-likeness (QED) is 0.761. The minimum atomic E-state index is 0. The lowest BCUT2D eigenvalue weighted by molar-refractivity contribution is -0.125. The fraction of sp³-hybridized carbons (Fsp3) is 0.933. The topological polar surface area (TPSA) is 67.6 Å². The van der Waals surface area contributed by atoms with Crippen LogP contribution in [0, 0.1) is 0 Å². The molecule has 1 saturated carbocycles. The second-order valence-electron chi connectivity index (χ2n) is 6.32. The highest BCUT2D eigenvalue weighted by molar-refractivity contribution is 5.85. The molecule has 0 aromatic carbocycles. The van der Waals surface area contributed by atoms with Crippen molar-refractivity contribution in [2.75, 3.05) is 32.8 Å². The minimum absolute atomic E-state index is 0. The molecule has 0 bridgehead atoms. The molecule has 1 atom stereocenters. The van der Waals surface area contributed by atoms with Gasteiger partial charge in [-0.1, -0.05) is 12.8 Å². The van der Waals surface area contributed by atoms with Crippen molar-refractivity contribution in [3.8, 4) is 0 Å². The summed E-state index contributed by atoms with van der Waals surface area (Å²) < 4.78 is 5.44. The third kappa shape index (κ3) is 6.20. The number of ether oxygens (including phenoxy) is 1. The highest BCUT2D eigenvalue weighted by Crippen LogP contribution is 2.38. The number of halogens is 2. The van der Waals surface area contributed by atoms with Crippen LogP contribution in [0.4, 0.5) is 0 Å². The monoisotopic (exact) mass is 355 g/mol. The van der Waals surface area contributed by atoms with Crippen molar-refractivity contribution in [3.05, 3.63) is 0 Å². The molecule has 3 N–H and O–H groups in total. The number of rotatable bonds is 6. The van der Waals surface area contributed by atoms with Crippen LogP contribution in [0.2, 0.25) is 0 Å². The first-order chi connectivity index (χ1) is 9.62. The summed E-state index contributed by atoms with van der Waals surface area (Å²) in [6.45, 7) is 6.19. The van der Waals surface area contributed by atoms with Gasteiger partial charge in [0.25, 0.3) is 0 Å². The number of carbonyl (C=O) groups is 1. The zero-order valence-corrected chi connectivity index (χ0v) is 15.1. The lowest BCUT2D eigenvalue weighted by Crippen LogP contribution is -2.54. The number of morpholine rings is 1. The second-order valence-corrected chi connectivity index (χ2v) is 6.32. The first-order valence-corrected chi connectivity index (χ1v) is 7.97. The van der Waals surface area contributed by atoms with Crippen LogP contribution >= 0.6 is 24.8 Å². The third-order valence-electron chi connectivity index (χ3n) is 4.63. The summed E-state index contributed by atoms with van der Waals surface area (Å²) in [6, 6.07) is 0.148. The fourth-order valence-electron chi connectivity index (χ4n) is 3.48. The summed E-state index contributed by atoms with van der Waals surface area (Å²) in [6.07, 6.45) is 6.25. The molecule has 1 aliphatic heterocycles. The average Bonchev–Trinajstić information content (AvgIpc) is 2.89. The SMILES string of the molecule is CC(N)CCNC(=O)CC1(N2CCOCC2)CCCC1.Cl.Cl. The van der Waals surface area contributed by atoms with Crippen LogP contribution < -0.4 is 11.1 Å². The smallest absolute Gasteiger partial charge is 0.221 e. The Morgan fingerprint density at radius 3 is 2.41 bits per heavy atom. The molecule has 7 heteroatoms. The van der Waals surface area contributed by atoms with Gasteiger partial charge in [0.05, 0.1) is 13.2 Å². The van der Waals surface area contributed by atoms with Gasteiger partial charge in [0.2, 0.25) is 5.91 Å². The van der Waals surface area contributed by atoms with Crippen molar-refractivity contribution in [2.45, 2.75) is 57.0 Å². The molecule has 2 aliphatic rings. The molecule has 0 aromatic rings. The molecule has 2 rings (SSSR count). The maximum absolute atomic E-state index is 12.2. The molecule has 1 saturated heterocycles. The van der Waals surface area contributed by atoms with Crippen LogP contribution in [0.15, 0.2) is 0 Å². The number of carbonyl (C=O) groups excluding carboxylic acids is 1. The van der Waals surface area contributed by atoms with Crippen LogP contribution in [0.1, 0.15) is 45.4 Å². The highest BCUT2D eigenvalue weighted by atomic mass is 35.5. The number of hydrogen-bond acceptors (Lipinski definition) is 4. The van der Waals surface area contributed by atoms with E-state index in [1.165, 1.54) is 12.8 Å². The van der Waals surface area contributed by atoms with Gasteiger partial charge in [0, 0.05) is 37.6 Å². The Morgan fingerprint density at radius 1 is 1.27 bits per heavy atom. The lowest BCUT2D eigenvalue weighted by atomic mass is 9.90. The second kappa shape index (κ2) is 10.7. The molecule has 22 heavy (non-hydrogen) atoms. The number of nitrogens with one attached hydrogen (secondary N) is 1. The van der Waals surface area contributed by atoms with E-state index in [0.29, 0.717) is 13.0 Å². The molecule has 2 fully saturated rings. The van der Waals surface area contributed by atoms with E-state index < -0.39 is 0 Å². The van der Waals surface area contributed by atoms with Gasteiger partial charge in [0.15, 0.2) is 0 Å². The van der Waals surface area contributed by atoms with E-state index in [4.69, 9.17) is 10.5 Å². The average molecular weight is 356 g/mol. The van der Waals surface area contributed by atoms with Crippen molar-refractivity contribution >= 4 is 30.7 Å². The van der Waals surface area contributed by atoms with Gasteiger partial charge in [0.1, 0.15) is 0 Å². The molecule has 0 aromatic heterocycles. The Balaban J connectivity index is 0.00000220. The molecule has 1 amide bonds. The standard InChI is InChI=1S/C15H29N3O2.2ClH/c1-13(16)4-7-17-14(19)12-15(5-2-3-6-15)18-8-10-20-11-9-18;;/h13H,2-12,16H2,1H3,(H,17,19);2*1H. The molecule has 132 valence electrons. The van der Waals surface area contributed by atoms with Crippen molar-refractivity contribution < 1.29 is 9.53 Å². The predicted octanol–water partition coefficient (Wildman–Crippen LogP) is 1.72. The normalized spacial score (nSPS) is 22.3. The van der Waals surface area contributed by atoms with Crippen molar-refractivity contribution in [1.29, 1.82) is 0 Å². The zero-order chi connectivity index (χ0) is 14.4. The first kappa shape index (κ1) is 21.9. The van der Waals surface area contributed by atoms with Gasteiger partial charge in [-0.2, -0.15) is 0 Å². The van der Waals surface area contributed by atoms with E-state index in [1.54, 1.807) is 0 Å². The summed E-state index contributed by atoms with van der Waals surface area (Å²) >= 11 is 0. The molecular weight excluding hydrogens is 325 g/mol. The van der Waals surface area contributed by atoms with Crippen LogP contribution in [-0.4, -0.2) is 55.2 Å². The molecule has 1 heterocycles. The van der Waals surface area contributed by atoms with Gasteiger partial charge >= 0.3 is 0 Å². The number of nitrogens with two attached hydrogens (primary N) is 1. The van der Waals surface area contributed by atoms with E-state index in [0.717, 1.165) is 45.6 Å². The van der Waals surface area contributed by atoms with Crippen LogP contribution in [0.3, 0.4) is 0 Å². The van der Waals surface area contributed by atoms with Crippen LogP contribution in [-0.2, 0) is 9.53 Å². The molecule has 1 unspecified atom stereocenters. The van der Waals surface area contributed by atoms with Gasteiger partial charge in [-0.15, -0.1) is 24.8 Å². The predicted molar refractivity (Wildman–Crippen MR) is 94.0 cm³/mol. The number of amides is 1. The third-order valence-corrected chi connectivity index (χ3v) is 4.63. The van der Waals surface area contributed by atoms with Gasteiger partial charge in [-0.25, -0.2) is 0 Å². The maximum Gasteiger partial charge on any atom is 0.221 e. The lowest BCUT2D eigenvalue weighted by Gasteiger charge is -2.43. The largest absolute Gasteiger partial charge is 0.379 e. The van der Waals surface area contributed by atoms with E-state index in [1.807, 2.05) is 6.92 Å². The molecule has 5 nitrogen and oxygen atoms in total. The Morgan fingerprint density at radius 2 is 1.86 bits per heavy atom. The molecule has 1 aliphatic carbocycles. The fourth-order valence-corrected chi connectivity index (χ4v) is 3.48. The van der Waals surface area contributed by atoms with E-state index >= 15 is 0 Å². The molecular formula is C15H31Cl2N3O2. The van der Waals surface area contributed by atoms with Gasteiger partial charge in [-0.05, 0) is 26.2 Å². The Labute approximate surface area is 146 Å². The van der Waals surface area contributed by atoms with E-state index in [2.05, 4.69) is 10.2 Å². The zero-order valence-electron chi connectivity index (χ0n) is 13.5. The number of nitrogens with zero attached hydrogens (tertiary/aromatic N) is 1. The molecule has 0 radical (unpaired) electrons. The highest BCUT2D eigenvalue weighted by Gasteiger charge is 2.41. The van der Waals surface area contributed by atoms with Crippen LogP contribution in [0.5, 0.6) is 0 Å². The van der Waals surface area contributed by atoms with Crippen molar-refractivity contribution in [3.63, 3.8) is 0 Å². The summed E-state index contributed by atoms with van der Waals surface area (Å²) in [5, 5.41) is 3.03. The summed E-state index contributed by atoms with van der Waals surface area (Å²) in [5.74, 6) is 0.180. The molecule has 0 spiro atoms. The first-order valence-electron chi connectivity index (χ1n) is 7.97. The van der Waals surface area contributed by atoms with Gasteiger partial charge < -0.3 is 15.8 Å². The van der Waals surface area contributed by atoms with Gasteiger partial charge in [-0.3, -0.25) is 9.69 Å². The summed E-state index contributed by atoms with van der Waals surface area (Å²) in [5.41, 5.74) is 5.80. The Hall–Kier alpha value is -0.0700. The summed E-state index contributed by atoms with van der Waals surface area (Å²) in [7, 11) is 0. The minimum Gasteiger partial charge on any atom is -0.379 e. The van der Waals surface area contributed by atoms with E-state index in [-0.39, 0.29) is 42.3 Å². The van der Waals surface area contributed by atoms with Crippen LogP contribution in [0.25, 0.3) is 0 Å².